The van der Waals surface area contributed by atoms with Crippen molar-refractivity contribution in [2.45, 2.75) is 45.6 Å². The van der Waals surface area contributed by atoms with E-state index in [2.05, 4.69) is 9.88 Å². The van der Waals surface area contributed by atoms with Crippen molar-refractivity contribution >= 4 is 16.0 Å². The van der Waals surface area contributed by atoms with Gasteiger partial charge >= 0.3 is 0 Å². The number of nitrogens with one attached hydrogen (secondary N) is 1. The molecular formula is C11H24N4O3S. The number of hydrogen-bond donors (Lipinski definition) is 3. The van der Waals surface area contributed by atoms with Gasteiger partial charge in [-0.15, -0.1) is 0 Å². The maximum absolute atomic E-state index is 12.3. The van der Waals surface area contributed by atoms with Crippen LogP contribution in [0.5, 0.6) is 0 Å². The fourth-order valence-corrected chi connectivity index (χ4v) is 3.81. The number of amidine groups is 1. The summed E-state index contributed by atoms with van der Waals surface area (Å²) < 4.78 is 28.5. The predicted octanol–water partition coefficient (Wildman–Crippen LogP) is 0.468. The van der Waals surface area contributed by atoms with E-state index in [-0.39, 0.29) is 5.84 Å². The molecule has 0 aliphatic carbocycles. The molecule has 1 saturated heterocycles. The molecule has 2 atom stereocenters. The van der Waals surface area contributed by atoms with Gasteiger partial charge in [-0.1, -0.05) is 25.4 Å². The minimum Gasteiger partial charge on any atom is -0.409 e. The topological polar surface area (TPSA) is 108 Å². The fraction of sp³-hybridized carbons (Fsp3) is 0.909. The molecular weight excluding hydrogens is 268 g/mol. The smallest absolute Gasteiger partial charge is 0.280 e. The highest BCUT2D eigenvalue weighted by Crippen LogP contribution is 2.18. The largest absolute Gasteiger partial charge is 0.409 e. The lowest BCUT2D eigenvalue weighted by Gasteiger charge is -2.31. The predicted molar refractivity (Wildman–Crippen MR) is 74.1 cm³/mol. The first-order valence-electron chi connectivity index (χ1n) is 6.65. The molecule has 0 aromatic carbocycles. The third-order valence-electron chi connectivity index (χ3n) is 3.30. The molecule has 19 heavy (non-hydrogen) atoms. The van der Waals surface area contributed by atoms with Gasteiger partial charge in [0.2, 0.25) is 0 Å². The zero-order chi connectivity index (χ0) is 14.5. The summed E-state index contributed by atoms with van der Waals surface area (Å²) in [5.74, 6) is 0.259. The summed E-state index contributed by atoms with van der Waals surface area (Å²) in [5, 5.41) is 11.6. The summed E-state index contributed by atoms with van der Waals surface area (Å²) >= 11 is 0. The van der Waals surface area contributed by atoms with E-state index in [1.165, 1.54) is 4.31 Å². The second-order valence-electron chi connectivity index (χ2n) is 5.09. The van der Waals surface area contributed by atoms with Gasteiger partial charge in [0.25, 0.3) is 10.2 Å². The molecule has 112 valence electrons. The summed E-state index contributed by atoms with van der Waals surface area (Å²) in [6.45, 7) is 4.99. The van der Waals surface area contributed by atoms with Gasteiger partial charge in [-0.3, -0.25) is 0 Å². The summed E-state index contributed by atoms with van der Waals surface area (Å²) in [7, 11) is -3.58. The summed E-state index contributed by atoms with van der Waals surface area (Å²) in [6, 6.07) is -0.655. The Labute approximate surface area is 115 Å². The van der Waals surface area contributed by atoms with Gasteiger partial charge in [-0.05, 0) is 25.2 Å². The van der Waals surface area contributed by atoms with Gasteiger partial charge in [0.05, 0.1) is 6.04 Å². The van der Waals surface area contributed by atoms with Crippen LogP contribution in [0.25, 0.3) is 0 Å². The fourth-order valence-electron chi connectivity index (χ4n) is 2.24. The molecule has 2 unspecified atom stereocenters. The van der Waals surface area contributed by atoms with Crippen molar-refractivity contribution in [1.29, 1.82) is 0 Å². The van der Waals surface area contributed by atoms with Gasteiger partial charge in [0.1, 0.15) is 0 Å². The normalized spacial score (nSPS) is 24.3. The van der Waals surface area contributed by atoms with E-state index in [9.17, 15) is 8.42 Å². The SMILES string of the molecule is CCCC(NS(=O)(=O)N1CCCC(C)C1)/C(N)=N/O. The molecule has 7 nitrogen and oxygen atoms in total. The van der Waals surface area contributed by atoms with Crippen molar-refractivity contribution < 1.29 is 13.6 Å². The lowest BCUT2D eigenvalue weighted by molar-refractivity contribution is 0.277. The van der Waals surface area contributed by atoms with E-state index >= 15 is 0 Å². The zero-order valence-electron chi connectivity index (χ0n) is 11.5. The van der Waals surface area contributed by atoms with Crippen molar-refractivity contribution in [3.05, 3.63) is 0 Å². The molecule has 0 aromatic rings. The second kappa shape index (κ2) is 7.06. The van der Waals surface area contributed by atoms with Crippen molar-refractivity contribution in [1.82, 2.24) is 9.03 Å². The minimum atomic E-state index is -3.58. The molecule has 1 heterocycles. The Morgan fingerprint density at radius 3 is 2.84 bits per heavy atom. The van der Waals surface area contributed by atoms with E-state index in [1.807, 2.05) is 13.8 Å². The molecule has 4 N–H and O–H groups in total. The molecule has 0 bridgehead atoms. The third-order valence-corrected chi connectivity index (χ3v) is 4.89. The van der Waals surface area contributed by atoms with Crippen molar-refractivity contribution in [3.8, 4) is 0 Å². The molecule has 0 aromatic heterocycles. The van der Waals surface area contributed by atoms with Crippen LogP contribution in [0.4, 0.5) is 0 Å². The van der Waals surface area contributed by atoms with E-state index in [1.54, 1.807) is 0 Å². The summed E-state index contributed by atoms with van der Waals surface area (Å²) in [6.07, 6.45) is 3.15. The highest BCUT2D eigenvalue weighted by atomic mass is 32.2. The standard InChI is InChI=1S/C11H24N4O3S/c1-3-5-10(11(12)13-16)14-19(17,18)15-7-4-6-9(2)8-15/h9-10,14,16H,3-8H2,1-2H3,(H2,12,13). The first-order chi connectivity index (χ1) is 8.90. The number of nitrogens with zero attached hydrogens (tertiary/aromatic N) is 2. The average molecular weight is 292 g/mol. The number of hydrogen-bond acceptors (Lipinski definition) is 4. The summed E-state index contributed by atoms with van der Waals surface area (Å²) in [5.41, 5.74) is 5.52. The second-order valence-corrected chi connectivity index (χ2v) is 6.80. The van der Waals surface area contributed by atoms with Crippen LogP contribution in [-0.4, -0.2) is 42.9 Å². The molecule has 0 spiro atoms. The van der Waals surface area contributed by atoms with Crippen LogP contribution in [-0.2, 0) is 10.2 Å². The molecule has 1 aliphatic heterocycles. The lowest BCUT2D eigenvalue weighted by atomic mass is 10.0. The van der Waals surface area contributed by atoms with Gasteiger partial charge in [-0.25, -0.2) is 0 Å². The molecule has 0 saturated carbocycles. The van der Waals surface area contributed by atoms with Crippen LogP contribution in [0, 0.1) is 5.92 Å². The average Bonchev–Trinajstić information content (AvgIpc) is 2.37. The Morgan fingerprint density at radius 1 is 1.63 bits per heavy atom. The third kappa shape index (κ3) is 4.63. The number of nitrogens with two attached hydrogens (primary N) is 1. The molecule has 1 aliphatic rings. The van der Waals surface area contributed by atoms with Crippen LogP contribution < -0.4 is 10.5 Å². The van der Waals surface area contributed by atoms with Crippen molar-refractivity contribution in [2.75, 3.05) is 13.1 Å². The Balaban J connectivity index is 2.75. The molecule has 0 amide bonds. The van der Waals surface area contributed by atoms with E-state index < -0.39 is 16.3 Å². The van der Waals surface area contributed by atoms with Gasteiger partial charge in [0, 0.05) is 13.1 Å². The lowest BCUT2D eigenvalue weighted by Crippen LogP contribution is -2.52. The van der Waals surface area contributed by atoms with Crippen molar-refractivity contribution in [2.24, 2.45) is 16.8 Å². The Morgan fingerprint density at radius 2 is 2.32 bits per heavy atom. The molecule has 0 radical (unpaired) electrons. The van der Waals surface area contributed by atoms with E-state index in [0.29, 0.717) is 25.4 Å². The monoisotopic (exact) mass is 292 g/mol. The molecule has 8 heteroatoms. The Kier molecular flexibility index (Phi) is 6.02. The number of piperidine rings is 1. The van der Waals surface area contributed by atoms with Gasteiger partial charge < -0.3 is 10.9 Å². The minimum absolute atomic E-state index is 0.101. The highest BCUT2D eigenvalue weighted by molar-refractivity contribution is 7.87. The first kappa shape index (κ1) is 16.2. The van der Waals surface area contributed by atoms with Crippen LogP contribution >= 0.6 is 0 Å². The zero-order valence-corrected chi connectivity index (χ0v) is 12.4. The van der Waals surface area contributed by atoms with Crippen LogP contribution in [0.3, 0.4) is 0 Å². The van der Waals surface area contributed by atoms with Gasteiger partial charge in [0.15, 0.2) is 5.84 Å². The van der Waals surface area contributed by atoms with Crippen LogP contribution in [0.2, 0.25) is 0 Å². The van der Waals surface area contributed by atoms with E-state index in [0.717, 1.165) is 19.3 Å². The first-order valence-corrected chi connectivity index (χ1v) is 8.09. The van der Waals surface area contributed by atoms with E-state index in [4.69, 9.17) is 10.9 Å². The highest BCUT2D eigenvalue weighted by Gasteiger charge is 2.30. The summed E-state index contributed by atoms with van der Waals surface area (Å²) in [4.78, 5) is 0. The maximum Gasteiger partial charge on any atom is 0.280 e. The van der Waals surface area contributed by atoms with Gasteiger partial charge in [-0.2, -0.15) is 17.4 Å². The van der Waals surface area contributed by atoms with Crippen LogP contribution in [0.15, 0.2) is 5.16 Å². The number of oxime groups is 1. The molecule has 1 fully saturated rings. The Bertz CT molecular complexity index is 410. The maximum atomic E-state index is 12.3. The number of rotatable bonds is 6. The quantitative estimate of drug-likeness (QED) is 0.286. The Hall–Kier alpha value is -0.860. The van der Waals surface area contributed by atoms with Crippen LogP contribution in [0.1, 0.15) is 39.5 Å². The molecule has 1 rings (SSSR count). The van der Waals surface area contributed by atoms with Crippen molar-refractivity contribution in [3.63, 3.8) is 0 Å².